The first-order chi connectivity index (χ1) is 26.5. The van der Waals surface area contributed by atoms with Gasteiger partial charge in [-0.3, -0.25) is 0 Å². The van der Waals surface area contributed by atoms with E-state index in [0.717, 1.165) is 138 Å². The van der Waals surface area contributed by atoms with E-state index >= 15 is 0 Å². The van der Waals surface area contributed by atoms with Gasteiger partial charge in [-0.1, -0.05) is 26.8 Å². The molecular weight excluding hydrogens is 682 g/mol. The standard InChI is InChI=1S/C44H61N3O7/c1-4-29-51-40-21-17-38(18-22-40)46-45-37-15-19-39(20-16-37)47(27-10-9-13-32-54-43(48)5-2)28-14-33-53-42-25-23-41(24-26-42)52-31-12-8-7-11-30-49-34-44(6-3)35-50-36-44/h5,15-26H,2,4,6-14,27-36H2,1,3H3/b46-45+. The van der Waals surface area contributed by atoms with Crippen molar-refractivity contribution in [2.75, 3.05) is 70.8 Å². The number of unbranched alkanes of at least 4 members (excludes halogenated alkanes) is 5. The molecule has 0 saturated carbocycles. The first-order valence-corrected chi connectivity index (χ1v) is 19.8. The number of anilines is 1. The number of esters is 1. The zero-order valence-corrected chi connectivity index (χ0v) is 32.6. The van der Waals surface area contributed by atoms with Crippen LogP contribution in [0.1, 0.15) is 78.1 Å². The van der Waals surface area contributed by atoms with Crippen LogP contribution in [0.5, 0.6) is 17.2 Å². The SMILES string of the molecule is C=CC(=O)OCCCCCN(CCCOc1ccc(OCCCCCCOCC2(CC)COC2)cc1)c1ccc(/N=N/c2ccc(OCCC)cc2)cc1. The van der Waals surface area contributed by atoms with E-state index in [9.17, 15) is 4.79 Å². The maximum Gasteiger partial charge on any atom is 0.330 e. The van der Waals surface area contributed by atoms with Crippen LogP contribution in [0, 0.1) is 5.41 Å². The van der Waals surface area contributed by atoms with Crippen molar-refractivity contribution in [1.29, 1.82) is 0 Å². The third-order valence-electron chi connectivity index (χ3n) is 9.38. The van der Waals surface area contributed by atoms with Crippen molar-refractivity contribution in [1.82, 2.24) is 0 Å². The van der Waals surface area contributed by atoms with Gasteiger partial charge in [0.15, 0.2) is 0 Å². The summed E-state index contributed by atoms with van der Waals surface area (Å²) in [6, 6.07) is 23.7. The largest absolute Gasteiger partial charge is 0.494 e. The van der Waals surface area contributed by atoms with E-state index in [-0.39, 0.29) is 11.4 Å². The minimum absolute atomic E-state index is 0.269. The molecule has 294 valence electrons. The minimum atomic E-state index is -0.377. The van der Waals surface area contributed by atoms with Gasteiger partial charge in [-0.05, 0) is 131 Å². The Morgan fingerprint density at radius 1 is 0.685 bits per heavy atom. The molecule has 0 atom stereocenters. The lowest BCUT2D eigenvalue weighted by molar-refractivity contribution is -0.150. The third kappa shape index (κ3) is 15.9. The van der Waals surface area contributed by atoms with E-state index in [2.05, 4.69) is 47.7 Å². The van der Waals surface area contributed by atoms with Crippen molar-refractivity contribution < 1.29 is 33.2 Å². The highest BCUT2D eigenvalue weighted by Gasteiger charge is 2.36. The maximum atomic E-state index is 11.3. The van der Waals surface area contributed by atoms with E-state index in [1.807, 2.05) is 60.7 Å². The number of carbonyl (C=O) groups excluding carboxylic acids is 1. The lowest BCUT2D eigenvalue weighted by atomic mass is 9.84. The van der Waals surface area contributed by atoms with Crippen LogP contribution in [0.3, 0.4) is 0 Å². The van der Waals surface area contributed by atoms with Crippen LogP contribution >= 0.6 is 0 Å². The summed E-state index contributed by atoms with van der Waals surface area (Å²) in [4.78, 5) is 13.7. The zero-order chi connectivity index (χ0) is 38.1. The normalized spacial score (nSPS) is 13.3. The highest BCUT2D eigenvalue weighted by molar-refractivity contribution is 5.81. The van der Waals surface area contributed by atoms with Gasteiger partial charge in [0, 0.05) is 36.9 Å². The van der Waals surface area contributed by atoms with Gasteiger partial charge < -0.3 is 33.3 Å². The average Bonchev–Trinajstić information content (AvgIpc) is 3.19. The quantitative estimate of drug-likeness (QED) is 0.0300. The maximum absolute atomic E-state index is 11.3. The van der Waals surface area contributed by atoms with E-state index in [1.165, 1.54) is 6.08 Å². The fourth-order valence-corrected chi connectivity index (χ4v) is 5.85. The van der Waals surface area contributed by atoms with Crippen molar-refractivity contribution in [2.24, 2.45) is 15.6 Å². The number of carbonyl (C=O) groups is 1. The molecule has 1 aliphatic heterocycles. The molecule has 0 unspecified atom stereocenters. The smallest absolute Gasteiger partial charge is 0.330 e. The van der Waals surface area contributed by atoms with E-state index in [1.54, 1.807) is 0 Å². The first-order valence-electron chi connectivity index (χ1n) is 19.8. The van der Waals surface area contributed by atoms with E-state index < -0.39 is 0 Å². The Hall–Kier alpha value is -4.41. The Balaban J connectivity index is 1.15. The molecule has 10 nitrogen and oxygen atoms in total. The highest BCUT2D eigenvalue weighted by Crippen LogP contribution is 2.31. The summed E-state index contributed by atoms with van der Waals surface area (Å²) in [5.74, 6) is 2.15. The minimum Gasteiger partial charge on any atom is -0.494 e. The second-order valence-electron chi connectivity index (χ2n) is 13.8. The number of nitrogens with zero attached hydrogens (tertiary/aromatic N) is 3. The predicted molar refractivity (Wildman–Crippen MR) is 215 cm³/mol. The molecule has 3 aromatic rings. The zero-order valence-electron chi connectivity index (χ0n) is 32.6. The molecule has 10 heteroatoms. The topological polar surface area (TPSA) is 100 Å². The number of benzene rings is 3. The first kappa shape index (κ1) is 42.3. The number of rotatable bonds is 29. The average molecular weight is 744 g/mol. The molecule has 0 aromatic heterocycles. The van der Waals surface area contributed by atoms with Gasteiger partial charge in [0.2, 0.25) is 0 Å². The highest BCUT2D eigenvalue weighted by atomic mass is 16.5. The number of hydrogen-bond acceptors (Lipinski definition) is 10. The number of azo groups is 1. The van der Waals surface area contributed by atoms with Gasteiger partial charge in [-0.15, -0.1) is 0 Å². The molecule has 0 aliphatic carbocycles. The van der Waals surface area contributed by atoms with Gasteiger partial charge in [-0.25, -0.2) is 4.79 Å². The Labute approximate surface area is 322 Å². The van der Waals surface area contributed by atoms with Gasteiger partial charge in [0.05, 0.1) is 57.6 Å². The van der Waals surface area contributed by atoms with Gasteiger partial charge >= 0.3 is 5.97 Å². The van der Waals surface area contributed by atoms with Crippen LogP contribution in [-0.2, 0) is 19.0 Å². The monoisotopic (exact) mass is 743 g/mol. The van der Waals surface area contributed by atoms with Crippen molar-refractivity contribution in [3.8, 4) is 17.2 Å². The molecule has 0 radical (unpaired) electrons. The second kappa shape index (κ2) is 24.8. The molecule has 0 N–H and O–H groups in total. The Morgan fingerprint density at radius 3 is 1.78 bits per heavy atom. The van der Waals surface area contributed by atoms with E-state index in [4.69, 9.17) is 28.4 Å². The summed E-state index contributed by atoms with van der Waals surface area (Å²) in [7, 11) is 0. The van der Waals surface area contributed by atoms with Crippen LogP contribution in [-0.4, -0.2) is 71.9 Å². The molecule has 1 saturated heterocycles. The summed E-state index contributed by atoms with van der Waals surface area (Å²) in [5, 5.41) is 8.82. The van der Waals surface area contributed by atoms with Crippen LogP contribution in [0.15, 0.2) is 95.7 Å². The lowest BCUT2D eigenvalue weighted by Gasteiger charge is -2.40. The molecule has 1 heterocycles. The fraction of sp³-hybridized carbons (Fsp3) is 0.523. The van der Waals surface area contributed by atoms with Crippen LogP contribution in [0.2, 0.25) is 0 Å². The lowest BCUT2D eigenvalue weighted by Crippen LogP contribution is -2.45. The van der Waals surface area contributed by atoms with Crippen LogP contribution < -0.4 is 19.1 Å². The molecule has 1 aliphatic rings. The van der Waals surface area contributed by atoms with Crippen molar-refractivity contribution in [2.45, 2.75) is 78.1 Å². The Bertz CT molecular complexity index is 1490. The summed E-state index contributed by atoms with van der Waals surface area (Å²) in [6.45, 7) is 15.2. The molecule has 0 amide bonds. The van der Waals surface area contributed by atoms with Crippen molar-refractivity contribution in [3.63, 3.8) is 0 Å². The van der Waals surface area contributed by atoms with Crippen molar-refractivity contribution in [3.05, 3.63) is 85.5 Å². The molecular formula is C44H61N3O7. The molecule has 3 aromatic carbocycles. The van der Waals surface area contributed by atoms with Gasteiger partial charge in [-0.2, -0.15) is 10.2 Å². The Kier molecular flexibility index (Phi) is 19.5. The molecule has 1 fully saturated rings. The summed E-state index contributed by atoms with van der Waals surface area (Å²) >= 11 is 0. The molecule has 54 heavy (non-hydrogen) atoms. The Morgan fingerprint density at radius 2 is 1.20 bits per heavy atom. The number of hydrogen-bond donors (Lipinski definition) is 0. The summed E-state index contributed by atoms with van der Waals surface area (Å²) < 4.78 is 34.1. The van der Waals surface area contributed by atoms with Gasteiger partial charge in [0.25, 0.3) is 0 Å². The second-order valence-corrected chi connectivity index (χ2v) is 13.8. The molecule has 4 rings (SSSR count). The number of ether oxygens (including phenoxy) is 6. The third-order valence-corrected chi connectivity index (χ3v) is 9.38. The van der Waals surface area contributed by atoms with Crippen LogP contribution in [0.25, 0.3) is 0 Å². The predicted octanol–water partition coefficient (Wildman–Crippen LogP) is 10.4. The van der Waals surface area contributed by atoms with Crippen molar-refractivity contribution >= 4 is 23.0 Å². The summed E-state index contributed by atoms with van der Waals surface area (Å²) in [5.41, 5.74) is 2.94. The summed E-state index contributed by atoms with van der Waals surface area (Å²) in [6.07, 6.45) is 11.3. The molecule has 0 bridgehead atoms. The fourth-order valence-electron chi connectivity index (χ4n) is 5.85. The van der Waals surface area contributed by atoms with Crippen LogP contribution in [0.4, 0.5) is 17.1 Å². The van der Waals surface area contributed by atoms with E-state index in [0.29, 0.717) is 26.4 Å². The van der Waals surface area contributed by atoms with Gasteiger partial charge in [0.1, 0.15) is 17.2 Å². The molecule has 0 spiro atoms.